The maximum absolute atomic E-state index is 14.3. The number of hydrogen-bond acceptors (Lipinski definition) is 4. The first-order valence-electron chi connectivity index (χ1n) is 5.61. The van der Waals surface area contributed by atoms with Gasteiger partial charge in [-0.2, -0.15) is 0 Å². The predicted octanol–water partition coefficient (Wildman–Crippen LogP) is 1.90. The van der Waals surface area contributed by atoms with Crippen LogP contribution in [0.15, 0.2) is 6.07 Å². The molecular weight excluding hydrogens is 225 g/mol. The highest BCUT2D eigenvalue weighted by Gasteiger charge is 2.42. The van der Waals surface area contributed by atoms with E-state index in [1.54, 1.807) is 0 Å². The van der Waals surface area contributed by atoms with Gasteiger partial charge in [0.25, 0.3) is 0 Å². The van der Waals surface area contributed by atoms with Gasteiger partial charge >= 0.3 is 0 Å². The highest BCUT2D eigenvalue weighted by Crippen LogP contribution is 2.51. The molecule has 1 saturated carbocycles. The highest BCUT2D eigenvalue weighted by molar-refractivity contribution is 5.57. The van der Waals surface area contributed by atoms with Crippen LogP contribution in [0.3, 0.4) is 0 Å². The smallest absolute Gasteiger partial charge is 0.231 e. The van der Waals surface area contributed by atoms with Gasteiger partial charge in [-0.3, -0.25) is 0 Å². The van der Waals surface area contributed by atoms with E-state index in [2.05, 4.69) is 0 Å². The minimum absolute atomic E-state index is 0.102. The average molecular weight is 239 g/mol. The lowest BCUT2D eigenvalue weighted by atomic mass is 9.72. The number of nitrogens with two attached hydrogens (primary N) is 1. The van der Waals surface area contributed by atoms with Crippen molar-refractivity contribution in [1.82, 2.24) is 0 Å². The monoisotopic (exact) mass is 239 g/mol. The van der Waals surface area contributed by atoms with Gasteiger partial charge in [0.2, 0.25) is 6.79 Å². The minimum atomic E-state index is -0.642. The third kappa shape index (κ3) is 1.38. The summed E-state index contributed by atoms with van der Waals surface area (Å²) in [5.74, 6) is 0.667. The van der Waals surface area contributed by atoms with Crippen LogP contribution in [0, 0.1) is 5.82 Å². The Morgan fingerprint density at radius 3 is 2.76 bits per heavy atom. The lowest BCUT2D eigenvalue weighted by Crippen LogP contribution is -2.44. The Morgan fingerprint density at radius 1 is 1.41 bits per heavy atom. The van der Waals surface area contributed by atoms with Crippen molar-refractivity contribution in [3.8, 4) is 17.2 Å². The van der Waals surface area contributed by atoms with Gasteiger partial charge in [0, 0.05) is 11.6 Å². The Balaban J connectivity index is 2.21. The zero-order valence-electron chi connectivity index (χ0n) is 9.59. The van der Waals surface area contributed by atoms with Gasteiger partial charge < -0.3 is 19.9 Å². The molecule has 0 spiro atoms. The number of rotatable bonds is 2. The molecule has 92 valence electrons. The second kappa shape index (κ2) is 3.50. The van der Waals surface area contributed by atoms with Crippen molar-refractivity contribution in [2.45, 2.75) is 24.8 Å². The first-order valence-corrected chi connectivity index (χ1v) is 5.61. The van der Waals surface area contributed by atoms with E-state index in [0.29, 0.717) is 17.1 Å². The Hall–Kier alpha value is -1.49. The molecule has 0 atom stereocenters. The van der Waals surface area contributed by atoms with Gasteiger partial charge in [-0.1, -0.05) is 0 Å². The minimum Gasteiger partial charge on any atom is -0.494 e. The molecule has 1 fully saturated rings. The summed E-state index contributed by atoms with van der Waals surface area (Å²) in [7, 11) is 1.42. The maximum atomic E-state index is 14.3. The molecule has 0 unspecified atom stereocenters. The van der Waals surface area contributed by atoms with Crippen molar-refractivity contribution in [1.29, 1.82) is 0 Å². The Labute approximate surface area is 98.5 Å². The molecule has 0 aromatic heterocycles. The summed E-state index contributed by atoms with van der Waals surface area (Å²) in [6.07, 6.45) is 2.52. The van der Waals surface area contributed by atoms with E-state index in [1.165, 1.54) is 13.2 Å². The molecule has 2 aliphatic rings. The molecule has 1 aliphatic carbocycles. The van der Waals surface area contributed by atoms with Crippen molar-refractivity contribution in [2.75, 3.05) is 13.9 Å². The summed E-state index contributed by atoms with van der Waals surface area (Å²) in [6, 6.07) is 1.50. The van der Waals surface area contributed by atoms with Crippen LogP contribution in [0.5, 0.6) is 17.2 Å². The largest absolute Gasteiger partial charge is 0.494 e. The van der Waals surface area contributed by atoms with Crippen LogP contribution in [0.2, 0.25) is 0 Å². The molecule has 3 rings (SSSR count). The van der Waals surface area contributed by atoms with Gasteiger partial charge in [-0.05, 0) is 19.3 Å². The Bertz CT molecular complexity index is 471. The van der Waals surface area contributed by atoms with Gasteiger partial charge in [0.15, 0.2) is 23.1 Å². The van der Waals surface area contributed by atoms with Crippen LogP contribution in [0.25, 0.3) is 0 Å². The molecule has 0 amide bonds. The first kappa shape index (κ1) is 10.7. The quantitative estimate of drug-likeness (QED) is 0.856. The van der Waals surface area contributed by atoms with E-state index in [9.17, 15) is 4.39 Å². The summed E-state index contributed by atoms with van der Waals surface area (Å²) in [4.78, 5) is 0. The summed E-state index contributed by atoms with van der Waals surface area (Å²) < 4.78 is 29.9. The average Bonchev–Trinajstić information content (AvgIpc) is 2.72. The van der Waals surface area contributed by atoms with E-state index >= 15 is 0 Å². The molecule has 0 radical (unpaired) electrons. The Kier molecular flexibility index (Phi) is 2.19. The van der Waals surface area contributed by atoms with Crippen molar-refractivity contribution in [3.05, 3.63) is 17.4 Å². The lowest BCUT2D eigenvalue weighted by molar-refractivity contribution is 0.167. The molecule has 0 saturated heterocycles. The van der Waals surface area contributed by atoms with Gasteiger partial charge in [-0.25, -0.2) is 4.39 Å². The van der Waals surface area contributed by atoms with Gasteiger partial charge in [0.1, 0.15) is 0 Å². The SMILES string of the molecule is COc1cc2c(c(C3(N)CCC3)c1F)OCO2. The molecule has 2 N–H and O–H groups in total. The van der Waals surface area contributed by atoms with Crippen LogP contribution in [-0.2, 0) is 5.54 Å². The second-order valence-electron chi connectivity index (χ2n) is 4.51. The highest BCUT2D eigenvalue weighted by atomic mass is 19.1. The summed E-state index contributed by atoms with van der Waals surface area (Å²) >= 11 is 0. The molecule has 0 bridgehead atoms. The van der Waals surface area contributed by atoms with Crippen LogP contribution < -0.4 is 19.9 Å². The van der Waals surface area contributed by atoms with Crippen molar-refractivity contribution >= 4 is 0 Å². The lowest BCUT2D eigenvalue weighted by Gasteiger charge is -2.39. The first-order chi connectivity index (χ1) is 8.15. The van der Waals surface area contributed by atoms with E-state index in [-0.39, 0.29) is 12.5 Å². The number of fused-ring (bicyclic) bond motifs is 1. The molecule has 17 heavy (non-hydrogen) atoms. The summed E-state index contributed by atoms with van der Waals surface area (Å²) in [5.41, 5.74) is 5.95. The molecule has 1 aromatic carbocycles. The van der Waals surface area contributed by atoms with Crippen LogP contribution in [0.1, 0.15) is 24.8 Å². The van der Waals surface area contributed by atoms with Crippen LogP contribution >= 0.6 is 0 Å². The summed E-state index contributed by atoms with van der Waals surface area (Å²) in [6.45, 7) is 0.102. The number of benzene rings is 1. The van der Waals surface area contributed by atoms with Crippen molar-refractivity contribution in [3.63, 3.8) is 0 Å². The van der Waals surface area contributed by atoms with E-state index in [1.807, 2.05) is 0 Å². The maximum Gasteiger partial charge on any atom is 0.231 e. The number of hydrogen-bond donors (Lipinski definition) is 1. The van der Waals surface area contributed by atoms with Crippen molar-refractivity contribution < 1.29 is 18.6 Å². The van der Waals surface area contributed by atoms with Crippen LogP contribution in [0.4, 0.5) is 4.39 Å². The molecule has 1 aliphatic heterocycles. The molecule has 1 heterocycles. The zero-order chi connectivity index (χ0) is 12.0. The predicted molar refractivity (Wildman–Crippen MR) is 58.8 cm³/mol. The standard InChI is InChI=1S/C12H14FNO3/c1-15-7-5-8-11(17-6-16-8)9(10(7)13)12(14)3-2-4-12/h5H,2-4,6,14H2,1H3. The molecule has 4 nitrogen and oxygen atoms in total. The van der Waals surface area contributed by atoms with Gasteiger partial charge in [0.05, 0.1) is 12.7 Å². The Morgan fingerprint density at radius 2 is 2.18 bits per heavy atom. The zero-order valence-corrected chi connectivity index (χ0v) is 9.59. The molecular formula is C12H14FNO3. The molecule has 5 heteroatoms. The second-order valence-corrected chi connectivity index (χ2v) is 4.51. The van der Waals surface area contributed by atoms with E-state index < -0.39 is 11.4 Å². The number of halogens is 1. The third-order valence-corrected chi connectivity index (χ3v) is 3.53. The van der Waals surface area contributed by atoms with Gasteiger partial charge in [-0.15, -0.1) is 0 Å². The van der Waals surface area contributed by atoms with E-state index in [0.717, 1.165) is 19.3 Å². The normalized spacial score (nSPS) is 19.9. The fraction of sp³-hybridized carbons (Fsp3) is 0.500. The fourth-order valence-corrected chi connectivity index (χ4v) is 2.40. The van der Waals surface area contributed by atoms with E-state index in [4.69, 9.17) is 19.9 Å². The van der Waals surface area contributed by atoms with Crippen molar-refractivity contribution in [2.24, 2.45) is 5.73 Å². The molecule has 1 aromatic rings. The third-order valence-electron chi connectivity index (χ3n) is 3.53. The number of ether oxygens (including phenoxy) is 3. The van der Waals surface area contributed by atoms with Crippen LogP contribution in [-0.4, -0.2) is 13.9 Å². The topological polar surface area (TPSA) is 53.7 Å². The summed E-state index contributed by atoms with van der Waals surface area (Å²) in [5, 5.41) is 0. The number of methoxy groups -OCH3 is 1. The fourth-order valence-electron chi connectivity index (χ4n) is 2.40.